The first-order valence-corrected chi connectivity index (χ1v) is 4.87. The summed E-state index contributed by atoms with van der Waals surface area (Å²) in [5.41, 5.74) is 7.16. The summed E-state index contributed by atoms with van der Waals surface area (Å²) in [6.45, 7) is 2.64. The molecule has 0 fully saturated rings. The summed E-state index contributed by atoms with van der Waals surface area (Å²) >= 11 is 0. The van der Waals surface area contributed by atoms with Crippen molar-refractivity contribution in [1.82, 2.24) is 5.32 Å². The standard InChI is InChI=1S/C9H17N5O2/c1-9(7-10,8(15-2)16-3)12-5-4-6-13-14-11/h8,12H,4-6H2,1-3H3. The van der Waals surface area contributed by atoms with E-state index in [1.807, 2.05) is 0 Å². The van der Waals surface area contributed by atoms with Gasteiger partial charge in [0.15, 0.2) is 11.8 Å². The maximum absolute atomic E-state index is 9.07. The Morgan fingerprint density at radius 1 is 1.56 bits per heavy atom. The van der Waals surface area contributed by atoms with Gasteiger partial charge in [0.05, 0.1) is 6.07 Å². The summed E-state index contributed by atoms with van der Waals surface area (Å²) in [7, 11) is 2.96. The normalized spacial score (nSPS) is 13.9. The molecule has 0 aromatic carbocycles. The highest BCUT2D eigenvalue weighted by Crippen LogP contribution is 2.12. The van der Waals surface area contributed by atoms with Gasteiger partial charge in [0, 0.05) is 25.7 Å². The first-order valence-electron chi connectivity index (χ1n) is 4.87. The molecule has 0 rings (SSSR count). The van der Waals surface area contributed by atoms with Gasteiger partial charge in [-0.15, -0.1) is 0 Å². The fourth-order valence-corrected chi connectivity index (χ4v) is 1.29. The molecule has 0 radical (unpaired) electrons. The van der Waals surface area contributed by atoms with Gasteiger partial charge in [0.2, 0.25) is 0 Å². The van der Waals surface area contributed by atoms with E-state index in [0.717, 1.165) is 0 Å². The lowest BCUT2D eigenvalue weighted by Gasteiger charge is -2.30. The van der Waals surface area contributed by atoms with Crippen molar-refractivity contribution in [3.8, 4) is 6.07 Å². The van der Waals surface area contributed by atoms with E-state index in [4.69, 9.17) is 20.3 Å². The van der Waals surface area contributed by atoms with Crippen LogP contribution in [0.2, 0.25) is 0 Å². The molecule has 0 aliphatic heterocycles. The summed E-state index contributed by atoms with van der Waals surface area (Å²) in [6.07, 6.45) is 0.0125. The maximum Gasteiger partial charge on any atom is 0.188 e. The summed E-state index contributed by atoms with van der Waals surface area (Å²) < 4.78 is 10.1. The van der Waals surface area contributed by atoms with Gasteiger partial charge >= 0.3 is 0 Å². The zero-order chi connectivity index (χ0) is 12.4. The minimum absolute atomic E-state index is 0.398. The quantitative estimate of drug-likeness (QED) is 0.221. The molecule has 7 heteroatoms. The third kappa shape index (κ3) is 4.47. The lowest BCUT2D eigenvalue weighted by molar-refractivity contribution is -0.137. The zero-order valence-electron chi connectivity index (χ0n) is 9.80. The van der Waals surface area contributed by atoms with Crippen LogP contribution in [0.3, 0.4) is 0 Å². The minimum atomic E-state index is -0.917. The molecular formula is C9H17N5O2. The number of nitrogens with one attached hydrogen (secondary N) is 1. The molecule has 90 valence electrons. The van der Waals surface area contributed by atoms with Gasteiger partial charge in [0.25, 0.3) is 0 Å². The average molecular weight is 227 g/mol. The summed E-state index contributed by atoms with van der Waals surface area (Å²) in [5.74, 6) is 0. The molecule has 0 heterocycles. The fourth-order valence-electron chi connectivity index (χ4n) is 1.29. The molecule has 0 aromatic heterocycles. The Kier molecular flexibility index (Phi) is 7.25. The molecular weight excluding hydrogens is 210 g/mol. The third-order valence-electron chi connectivity index (χ3n) is 2.12. The second-order valence-corrected chi connectivity index (χ2v) is 3.35. The van der Waals surface area contributed by atoms with E-state index in [-0.39, 0.29) is 0 Å². The number of nitrogens with zero attached hydrogens (tertiary/aromatic N) is 4. The van der Waals surface area contributed by atoms with Crippen molar-refractivity contribution in [1.29, 1.82) is 5.26 Å². The highest BCUT2D eigenvalue weighted by molar-refractivity contribution is 5.06. The van der Waals surface area contributed by atoms with E-state index in [1.165, 1.54) is 14.2 Å². The number of ether oxygens (including phenoxy) is 2. The topological polar surface area (TPSA) is 103 Å². The number of methoxy groups -OCH3 is 2. The fraction of sp³-hybridized carbons (Fsp3) is 0.889. The second kappa shape index (κ2) is 7.91. The Labute approximate surface area is 95.0 Å². The molecule has 0 saturated carbocycles. The van der Waals surface area contributed by atoms with Crippen molar-refractivity contribution in [3.63, 3.8) is 0 Å². The zero-order valence-corrected chi connectivity index (χ0v) is 9.80. The van der Waals surface area contributed by atoms with Crippen molar-refractivity contribution in [2.75, 3.05) is 27.3 Å². The van der Waals surface area contributed by atoms with Gasteiger partial charge in [-0.3, -0.25) is 5.32 Å². The molecule has 0 saturated heterocycles. The van der Waals surface area contributed by atoms with E-state index in [2.05, 4.69) is 21.4 Å². The monoisotopic (exact) mass is 227 g/mol. The molecule has 1 N–H and O–H groups in total. The Bertz CT molecular complexity index is 280. The highest BCUT2D eigenvalue weighted by atomic mass is 16.7. The van der Waals surface area contributed by atoms with Gasteiger partial charge in [-0.25, -0.2) is 0 Å². The number of hydrogen-bond donors (Lipinski definition) is 1. The van der Waals surface area contributed by atoms with Crippen LogP contribution < -0.4 is 5.32 Å². The van der Waals surface area contributed by atoms with Crippen molar-refractivity contribution in [2.24, 2.45) is 5.11 Å². The minimum Gasteiger partial charge on any atom is -0.353 e. The number of azide groups is 1. The van der Waals surface area contributed by atoms with Gasteiger partial charge in [-0.2, -0.15) is 5.26 Å². The predicted molar refractivity (Wildman–Crippen MR) is 58.5 cm³/mol. The lowest BCUT2D eigenvalue weighted by atomic mass is 10.0. The van der Waals surface area contributed by atoms with E-state index >= 15 is 0 Å². The van der Waals surface area contributed by atoms with E-state index in [9.17, 15) is 0 Å². The average Bonchev–Trinajstić information content (AvgIpc) is 2.30. The second-order valence-electron chi connectivity index (χ2n) is 3.35. The van der Waals surface area contributed by atoms with Crippen molar-refractivity contribution >= 4 is 0 Å². The van der Waals surface area contributed by atoms with E-state index in [0.29, 0.717) is 19.5 Å². The van der Waals surface area contributed by atoms with Gasteiger partial charge < -0.3 is 9.47 Å². The molecule has 16 heavy (non-hydrogen) atoms. The van der Waals surface area contributed by atoms with Crippen LogP contribution in [0.1, 0.15) is 13.3 Å². The third-order valence-corrected chi connectivity index (χ3v) is 2.12. The first-order chi connectivity index (χ1) is 7.64. The van der Waals surface area contributed by atoms with Gasteiger partial charge in [-0.05, 0) is 25.4 Å². The Balaban J connectivity index is 4.16. The number of nitriles is 1. The lowest BCUT2D eigenvalue weighted by Crippen LogP contribution is -2.53. The van der Waals surface area contributed by atoms with Crippen LogP contribution in [0.4, 0.5) is 0 Å². The Morgan fingerprint density at radius 2 is 2.19 bits per heavy atom. The Hall–Kier alpha value is -1.32. The van der Waals surface area contributed by atoms with E-state index in [1.54, 1.807) is 6.92 Å². The SMILES string of the molecule is COC(OC)C(C)(C#N)NCCCN=[N+]=[N-]. The molecule has 1 unspecified atom stereocenters. The van der Waals surface area contributed by atoms with Crippen LogP contribution in [0.15, 0.2) is 5.11 Å². The number of hydrogen-bond acceptors (Lipinski definition) is 5. The molecule has 0 aliphatic rings. The summed E-state index contributed by atoms with van der Waals surface area (Å²) in [6, 6.07) is 2.11. The Morgan fingerprint density at radius 3 is 2.62 bits per heavy atom. The summed E-state index contributed by atoms with van der Waals surface area (Å²) in [5, 5.41) is 15.5. The highest BCUT2D eigenvalue weighted by Gasteiger charge is 2.34. The summed E-state index contributed by atoms with van der Waals surface area (Å²) in [4.78, 5) is 2.64. The first kappa shape index (κ1) is 14.7. The van der Waals surface area contributed by atoms with Crippen LogP contribution >= 0.6 is 0 Å². The maximum atomic E-state index is 9.07. The molecule has 0 spiro atoms. The molecule has 0 aromatic rings. The molecule has 0 bridgehead atoms. The molecule has 1 atom stereocenters. The van der Waals surface area contributed by atoms with Crippen molar-refractivity contribution in [3.05, 3.63) is 10.4 Å². The smallest absolute Gasteiger partial charge is 0.188 e. The van der Waals surface area contributed by atoms with Crippen LogP contribution in [0.25, 0.3) is 10.4 Å². The molecule has 0 aliphatic carbocycles. The van der Waals surface area contributed by atoms with Gasteiger partial charge in [-0.1, -0.05) is 5.11 Å². The molecule has 7 nitrogen and oxygen atoms in total. The van der Waals surface area contributed by atoms with Gasteiger partial charge in [0.1, 0.15) is 0 Å². The predicted octanol–water partition coefficient (Wildman–Crippen LogP) is 1.18. The van der Waals surface area contributed by atoms with Crippen LogP contribution in [-0.4, -0.2) is 39.1 Å². The number of rotatable bonds is 8. The van der Waals surface area contributed by atoms with E-state index < -0.39 is 11.8 Å². The molecule has 0 amide bonds. The van der Waals surface area contributed by atoms with Crippen molar-refractivity contribution < 1.29 is 9.47 Å². The largest absolute Gasteiger partial charge is 0.353 e. The van der Waals surface area contributed by atoms with Crippen LogP contribution in [0.5, 0.6) is 0 Å². The van der Waals surface area contributed by atoms with Crippen LogP contribution in [0, 0.1) is 11.3 Å². The van der Waals surface area contributed by atoms with Crippen LogP contribution in [-0.2, 0) is 9.47 Å². The van der Waals surface area contributed by atoms with Crippen molar-refractivity contribution in [2.45, 2.75) is 25.2 Å².